The van der Waals surface area contributed by atoms with Crippen LogP contribution in [0.25, 0.3) is 10.9 Å². The number of fused-ring (bicyclic) bond motifs is 1. The fraction of sp³-hybridized carbons (Fsp3) is 0.484. The highest BCUT2D eigenvalue weighted by atomic mass is 19.1. The third kappa shape index (κ3) is 5.78. The first-order valence-corrected chi connectivity index (χ1v) is 14.0. The minimum Gasteiger partial charge on any atom is -0.359 e. The number of amides is 2. The lowest BCUT2D eigenvalue weighted by atomic mass is 9.89. The number of nitrogens with one attached hydrogen (secondary N) is 1. The van der Waals surface area contributed by atoms with Gasteiger partial charge in [0.05, 0.1) is 6.42 Å². The van der Waals surface area contributed by atoms with E-state index in [1.54, 1.807) is 20.0 Å². The van der Waals surface area contributed by atoms with Crippen molar-refractivity contribution >= 4 is 22.7 Å². The van der Waals surface area contributed by atoms with E-state index in [1.807, 2.05) is 17.0 Å². The van der Waals surface area contributed by atoms with Gasteiger partial charge in [-0.2, -0.15) is 0 Å². The Morgan fingerprint density at radius 1 is 0.974 bits per heavy atom. The molecule has 1 aromatic heterocycles. The summed E-state index contributed by atoms with van der Waals surface area (Å²) in [7, 11) is 1.69. The Morgan fingerprint density at radius 3 is 2.39 bits per heavy atom. The average molecular weight is 519 g/mol. The maximum absolute atomic E-state index is 14.1. The molecule has 2 saturated heterocycles. The van der Waals surface area contributed by atoms with Crippen molar-refractivity contribution in [3.8, 4) is 0 Å². The first kappa shape index (κ1) is 26.4. The van der Waals surface area contributed by atoms with Crippen molar-refractivity contribution in [3.63, 3.8) is 0 Å². The quantitative estimate of drug-likeness (QED) is 0.494. The number of hydrogen-bond acceptors (Lipinski definition) is 3. The first-order valence-electron chi connectivity index (χ1n) is 14.0. The van der Waals surface area contributed by atoms with Gasteiger partial charge in [-0.25, -0.2) is 4.39 Å². The highest BCUT2D eigenvalue weighted by Gasteiger charge is 2.26. The standard InChI is InChI=1S/C31H39FN4O2/c1-22(37)35-17-10-23(11-18-35)25-7-8-26-19-28(21-31(38)33-2)36(30(26)20-25)27-12-15-34(16-13-27)14-9-24-5-3-4-6-29(24)32/h3-8,19-20,23,27H,9-18,21H2,1-2H3,(H,33,38). The zero-order valence-corrected chi connectivity index (χ0v) is 22.6. The van der Waals surface area contributed by atoms with Crippen molar-refractivity contribution < 1.29 is 14.0 Å². The summed E-state index contributed by atoms with van der Waals surface area (Å²) < 4.78 is 16.5. The van der Waals surface area contributed by atoms with E-state index in [1.165, 1.54) is 22.5 Å². The maximum atomic E-state index is 14.1. The monoisotopic (exact) mass is 518 g/mol. The number of benzene rings is 2. The smallest absolute Gasteiger partial charge is 0.225 e. The van der Waals surface area contributed by atoms with E-state index < -0.39 is 0 Å². The molecule has 3 heterocycles. The van der Waals surface area contributed by atoms with E-state index in [0.29, 0.717) is 18.4 Å². The predicted molar refractivity (Wildman–Crippen MR) is 149 cm³/mol. The van der Waals surface area contributed by atoms with Gasteiger partial charge in [0.25, 0.3) is 0 Å². The molecule has 5 rings (SSSR count). The molecule has 2 amide bonds. The Balaban J connectivity index is 1.34. The van der Waals surface area contributed by atoms with Crippen molar-refractivity contribution in [3.05, 3.63) is 71.2 Å². The molecule has 3 aromatic rings. The summed E-state index contributed by atoms with van der Waals surface area (Å²) in [6, 6.07) is 16.3. The van der Waals surface area contributed by atoms with Crippen LogP contribution in [0.4, 0.5) is 4.39 Å². The topological polar surface area (TPSA) is 57.6 Å². The molecule has 0 atom stereocenters. The second kappa shape index (κ2) is 11.7. The van der Waals surface area contributed by atoms with Gasteiger partial charge in [0.2, 0.25) is 11.8 Å². The number of aromatic nitrogens is 1. The number of piperidine rings is 2. The van der Waals surface area contributed by atoms with Gasteiger partial charge in [-0.3, -0.25) is 9.59 Å². The van der Waals surface area contributed by atoms with Crippen LogP contribution in [0.2, 0.25) is 0 Å². The van der Waals surface area contributed by atoms with Crippen LogP contribution in [0.15, 0.2) is 48.5 Å². The zero-order valence-electron chi connectivity index (χ0n) is 22.6. The van der Waals surface area contributed by atoms with E-state index in [9.17, 15) is 14.0 Å². The van der Waals surface area contributed by atoms with Crippen molar-refractivity contribution in [2.75, 3.05) is 39.8 Å². The molecule has 1 N–H and O–H groups in total. The van der Waals surface area contributed by atoms with Gasteiger partial charge in [-0.05, 0) is 72.7 Å². The number of likely N-dealkylation sites (N-methyl/N-ethyl adjacent to an activating group) is 1. The number of nitrogens with zero attached hydrogens (tertiary/aromatic N) is 3. The molecule has 6 nitrogen and oxygen atoms in total. The average Bonchev–Trinajstić information content (AvgIpc) is 3.29. The number of likely N-dealkylation sites (tertiary alicyclic amines) is 2. The molecule has 0 unspecified atom stereocenters. The minimum absolute atomic E-state index is 0.0215. The molecule has 0 radical (unpaired) electrons. The summed E-state index contributed by atoms with van der Waals surface area (Å²) in [5.74, 6) is 0.504. The van der Waals surface area contributed by atoms with Gasteiger partial charge in [0.15, 0.2) is 0 Å². The van der Waals surface area contributed by atoms with Crippen molar-refractivity contribution in [1.82, 2.24) is 19.7 Å². The lowest BCUT2D eigenvalue weighted by Gasteiger charge is -2.34. The second-order valence-corrected chi connectivity index (χ2v) is 10.9. The largest absolute Gasteiger partial charge is 0.359 e. The van der Waals surface area contributed by atoms with Crippen LogP contribution in [-0.4, -0.2) is 66.0 Å². The molecule has 0 aliphatic carbocycles. The van der Waals surface area contributed by atoms with Gasteiger partial charge in [0, 0.05) is 63.9 Å². The summed E-state index contributed by atoms with van der Waals surface area (Å²) in [4.78, 5) is 28.5. The summed E-state index contributed by atoms with van der Waals surface area (Å²) >= 11 is 0. The summed E-state index contributed by atoms with van der Waals surface area (Å²) in [5.41, 5.74) is 4.38. The Hall–Kier alpha value is -3.19. The van der Waals surface area contributed by atoms with E-state index in [4.69, 9.17) is 0 Å². The van der Waals surface area contributed by atoms with Crippen molar-refractivity contribution in [2.24, 2.45) is 0 Å². The normalized spacial score (nSPS) is 17.7. The Labute approximate surface area is 224 Å². The summed E-state index contributed by atoms with van der Waals surface area (Å²) in [5, 5.41) is 3.96. The number of halogens is 1. The fourth-order valence-corrected chi connectivity index (χ4v) is 6.28. The molecular formula is C31H39FN4O2. The van der Waals surface area contributed by atoms with Crippen LogP contribution in [0, 0.1) is 5.82 Å². The molecule has 0 spiro atoms. The van der Waals surface area contributed by atoms with Crippen LogP contribution in [0.1, 0.15) is 61.4 Å². The third-order valence-corrected chi connectivity index (χ3v) is 8.56. The van der Waals surface area contributed by atoms with Crippen LogP contribution < -0.4 is 5.32 Å². The molecule has 38 heavy (non-hydrogen) atoms. The first-order chi connectivity index (χ1) is 18.4. The Kier molecular flexibility index (Phi) is 8.12. The predicted octanol–water partition coefficient (Wildman–Crippen LogP) is 4.67. The van der Waals surface area contributed by atoms with E-state index in [0.717, 1.165) is 76.1 Å². The lowest BCUT2D eigenvalue weighted by Crippen LogP contribution is -2.36. The van der Waals surface area contributed by atoms with Gasteiger partial charge in [0.1, 0.15) is 5.82 Å². The third-order valence-electron chi connectivity index (χ3n) is 8.56. The highest BCUT2D eigenvalue weighted by molar-refractivity contribution is 5.85. The van der Waals surface area contributed by atoms with E-state index in [2.05, 4.69) is 39.0 Å². The van der Waals surface area contributed by atoms with Crippen molar-refractivity contribution in [2.45, 2.75) is 57.4 Å². The molecule has 2 aliphatic rings. The molecule has 7 heteroatoms. The Bertz CT molecular complexity index is 1290. The SMILES string of the molecule is CNC(=O)Cc1cc2ccc(C3CCN(C(C)=O)CC3)cc2n1C1CCN(CCc2ccccc2F)CC1. The summed E-state index contributed by atoms with van der Waals surface area (Å²) in [6.45, 7) is 6.05. The van der Waals surface area contributed by atoms with Gasteiger partial charge in [-0.15, -0.1) is 0 Å². The Morgan fingerprint density at radius 2 is 1.71 bits per heavy atom. The number of carbonyl (C=O) groups is 2. The molecule has 0 bridgehead atoms. The maximum Gasteiger partial charge on any atom is 0.225 e. The molecule has 2 aromatic carbocycles. The highest BCUT2D eigenvalue weighted by Crippen LogP contribution is 2.35. The molecule has 2 fully saturated rings. The van der Waals surface area contributed by atoms with Crippen LogP contribution in [-0.2, 0) is 22.4 Å². The number of carbonyl (C=O) groups excluding carboxylic acids is 2. The zero-order chi connectivity index (χ0) is 26.6. The van der Waals surface area contributed by atoms with E-state index >= 15 is 0 Å². The van der Waals surface area contributed by atoms with Crippen LogP contribution in [0.3, 0.4) is 0 Å². The summed E-state index contributed by atoms with van der Waals surface area (Å²) in [6.07, 6.45) is 5.06. The van der Waals surface area contributed by atoms with Gasteiger partial charge >= 0.3 is 0 Å². The van der Waals surface area contributed by atoms with Gasteiger partial charge in [-0.1, -0.05) is 30.3 Å². The minimum atomic E-state index is -0.122. The number of rotatable bonds is 7. The molecular weight excluding hydrogens is 479 g/mol. The number of hydrogen-bond donors (Lipinski definition) is 1. The van der Waals surface area contributed by atoms with Crippen LogP contribution in [0.5, 0.6) is 0 Å². The van der Waals surface area contributed by atoms with Crippen LogP contribution >= 0.6 is 0 Å². The van der Waals surface area contributed by atoms with Gasteiger partial charge < -0.3 is 19.7 Å². The van der Waals surface area contributed by atoms with E-state index in [-0.39, 0.29) is 17.6 Å². The fourth-order valence-electron chi connectivity index (χ4n) is 6.28. The molecule has 202 valence electrons. The molecule has 0 saturated carbocycles. The lowest BCUT2D eigenvalue weighted by molar-refractivity contribution is -0.129. The van der Waals surface area contributed by atoms with Crippen molar-refractivity contribution in [1.29, 1.82) is 0 Å². The second-order valence-electron chi connectivity index (χ2n) is 10.9. The molecule has 2 aliphatic heterocycles.